The standard InChI is InChI=1S/C19H18N4O3/c1-26-16-6-2-13(3-7-16)12-23-9-8-17(19(23)25)22-18(24)14-4-5-15(10-20)21-11-14/h2-7,11,17H,8-9,12H2,1H3,(H,22,24). The molecule has 1 atom stereocenters. The molecule has 2 aromatic rings. The van der Waals surface area contributed by atoms with Crippen molar-refractivity contribution in [3.8, 4) is 11.8 Å². The average Bonchev–Trinajstić information content (AvgIpc) is 3.02. The minimum Gasteiger partial charge on any atom is -0.497 e. The first-order valence-electron chi connectivity index (χ1n) is 8.19. The van der Waals surface area contributed by atoms with E-state index < -0.39 is 6.04 Å². The second kappa shape index (κ2) is 7.66. The number of rotatable bonds is 5. The summed E-state index contributed by atoms with van der Waals surface area (Å²) in [5.74, 6) is 0.296. The lowest BCUT2D eigenvalue weighted by Gasteiger charge is -2.17. The molecule has 1 N–H and O–H groups in total. The third-order valence-corrected chi connectivity index (χ3v) is 4.28. The smallest absolute Gasteiger partial charge is 0.253 e. The summed E-state index contributed by atoms with van der Waals surface area (Å²) in [6, 6.07) is 11.9. The third kappa shape index (κ3) is 3.81. The van der Waals surface area contributed by atoms with Crippen LogP contribution in [0.1, 0.15) is 28.0 Å². The number of likely N-dealkylation sites (tertiary alicyclic amines) is 1. The monoisotopic (exact) mass is 350 g/mol. The second-order valence-corrected chi connectivity index (χ2v) is 5.97. The minimum absolute atomic E-state index is 0.101. The van der Waals surface area contributed by atoms with Gasteiger partial charge in [-0.15, -0.1) is 0 Å². The molecule has 0 saturated carbocycles. The highest BCUT2D eigenvalue weighted by molar-refractivity contribution is 5.97. The summed E-state index contributed by atoms with van der Waals surface area (Å²) in [4.78, 5) is 30.4. The lowest BCUT2D eigenvalue weighted by molar-refractivity contribution is -0.129. The van der Waals surface area contributed by atoms with Gasteiger partial charge in [0, 0.05) is 19.3 Å². The third-order valence-electron chi connectivity index (χ3n) is 4.28. The fourth-order valence-electron chi connectivity index (χ4n) is 2.82. The highest BCUT2D eigenvalue weighted by Gasteiger charge is 2.32. The first-order valence-corrected chi connectivity index (χ1v) is 8.19. The van der Waals surface area contributed by atoms with Gasteiger partial charge in [0.05, 0.1) is 12.7 Å². The molecule has 1 saturated heterocycles. The van der Waals surface area contributed by atoms with E-state index in [2.05, 4.69) is 10.3 Å². The molecule has 1 unspecified atom stereocenters. The minimum atomic E-state index is -0.545. The van der Waals surface area contributed by atoms with Gasteiger partial charge in [-0.25, -0.2) is 4.98 Å². The van der Waals surface area contributed by atoms with Crippen LogP contribution in [0.4, 0.5) is 0 Å². The van der Waals surface area contributed by atoms with Crippen molar-refractivity contribution in [2.75, 3.05) is 13.7 Å². The summed E-state index contributed by atoms with van der Waals surface area (Å²) < 4.78 is 5.13. The fraction of sp³-hybridized carbons (Fsp3) is 0.263. The van der Waals surface area contributed by atoms with E-state index in [-0.39, 0.29) is 17.5 Å². The number of nitrogens with one attached hydrogen (secondary N) is 1. The number of carbonyl (C=O) groups is 2. The molecule has 0 aliphatic carbocycles. The zero-order valence-corrected chi connectivity index (χ0v) is 14.3. The van der Waals surface area contributed by atoms with Gasteiger partial charge in [-0.3, -0.25) is 9.59 Å². The van der Waals surface area contributed by atoms with Crippen molar-refractivity contribution in [3.05, 3.63) is 59.4 Å². The van der Waals surface area contributed by atoms with Crippen molar-refractivity contribution < 1.29 is 14.3 Å². The maximum Gasteiger partial charge on any atom is 0.253 e. The summed E-state index contributed by atoms with van der Waals surface area (Å²) in [7, 11) is 1.61. The molecule has 2 amide bonds. The lowest BCUT2D eigenvalue weighted by atomic mass is 10.2. The molecule has 0 bridgehead atoms. The molecule has 2 heterocycles. The molecule has 26 heavy (non-hydrogen) atoms. The van der Waals surface area contributed by atoms with Crippen molar-refractivity contribution in [2.45, 2.75) is 19.0 Å². The number of carbonyl (C=O) groups excluding carboxylic acids is 2. The van der Waals surface area contributed by atoms with Crippen molar-refractivity contribution in [3.63, 3.8) is 0 Å². The Balaban J connectivity index is 1.59. The maximum absolute atomic E-state index is 12.5. The summed E-state index contributed by atoms with van der Waals surface area (Å²) in [6.07, 6.45) is 1.90. The van der Waals surface area contributed by atoms with Crippen molar-refractivity contribution in [2.24, 2.45) is 0 Å². The van der Waals surface area contributed by atoms with Crippen LogP contribution in [-0.4, -0.2) is 41.4 Å². The number of nitriles is 1. The van der Waals surface area contributed by atoms with E-state index in [0.29, 0.717) is 25.1 Å². The first-order chi connectivity index (χ1) is 12.6. The number of hydrogen-bond donors (Lipinski definition) is 1. The largest absolute Gasteiger partial charge is 0.497 e. The van der Waals surface area contributed by atoms with Gasteiger partial charge in [0.15, 0.2) is 0 Å². The molecule has 7 nitrogen and oxygen atoms in total. The van der Waals surface area contributed by atoms with E-state index in [1.165, 1.54) is 18.3 Å². The van der Waals surface area contributed by atoms with Crippen LogP contribution in [-0.2, 0) is 11.3 Å². The zero-order chi connectivity index (χ0) is 18.5. The molecule has 1 aromatic carbocycles. The van der Waals surface area contributed by atoms with Crippen LogP contribution in [0.3, 0.4) is 0 Å². The number of aromatic nitrogens is 1. The predicted molar refractivity (Wildman–Crippen MR) is 93.2 cm³/mol. The number of ether oxygens (including phenoxy) is 1. The highest BCUT2D eigenvalue weighted by Crippen LogP contribution is 2.18. The van der Waals surface area contributed by atoms with Gasteiger partial charge in [0.25, 0.3) is 5.91 Å². The van der Waals surface area contributed by atoms with Crippen LogP contribution < -0.4 is 10.1 Å². The number of methoxy groups -OCH3 is 1. The van der Waals surface area contributed by atoms with Crippen molar-refractivity contribution in [1.82, 2.24) is 15.2 Å². The van der Waals surface area contributed by atoms with Gasteiger partial charge >= 0.3 is 0 Å². The SMILES string of the molecule is COc1ccc(CN2CCC(NC(=O)c3ccc(C#N)nc3)C2=O)cc1. The Morgan fingerprint density at radius 1 is 1.35 bits per heavy atom. The van der Waals surface area contributed by atoms with Gasteiger partial charge in [0.1, 0.15) is 23.6 Å². The Kier molecular flexibility index (Phi) is 5.13. The Bertz CT molecular complexity index is 841. The number of pyridine rings is 1. The van der Waals surface area contributed by atoms with Crippen LogP contribution in [0.25, 0.3) is 0 Å². The number of hydrogen-bond acceptors (Lipinski definition) is 5. The summed E-state index contributed by atoms with van der Waals surface area (Å²) in [5.41, 5.74) is 1.57. The second-order valence-electron chi connectivity index (χ2n) is 5.97. The quantitative estimate of drug-likeness (QED) is 0.881. The first kappa shape index (κ1) is 17.4. The summed E-state index contributed by atoms with van der Waals surface area (Å²) in [5, 5.41) is 11.5. The Hall–Kier alpha value is -3.40. The number of nitrogens with zero attached hydrogens (tertiary/aromatic N) is 3. The van der Waals surface area contributed by atoms with Gasteiger partial charge in [-0.05, 0) is 36.2 Å². The predicted octanol–water partition coefficient (Wildman–Crippen LogP) is 1.49. The Morgan fingerprint density at radius 2 is 2.12 bits per heavy atom. The zero-order valence-electron chi connectivity index (χ0n) is 14.3. The van der Waals surface area contributed by atoms with Crippen LogP contribution in [0.15, 0.2) is 42.6 Å². The van der Waals surface area contributed by atoms with Gasteiger partial charge in [-0.1, -0.05) is 12.1 Å². The Morgan fingerprint density at radius 3 is 2.73 bits per heavy atom. The topological polar surface area (TPSA) is 95.3 Å². The van der Waals surface area contributed by atoms with Crippen LogP contribution in [0.2, 0.25) is 0 Å². The van der Waals surface area contributed by atoms with E-state index in [4.69, 9.17) is 10.00 Å². The molecule has 1 aliphatic heterocycles. The molecular formula is C19H18N4O3. The van der Waals surface area contributed by atoms with E-state index >= 15 is 0 Å². The van der Waals surface area contributed by atoms with E-state index in [9.17, 15) is 9.59 Å². The van der Waals surface area contributed by atoms with E-state index in [0.717, 1.165) is 11.3 Å². The van der Waals surface area contributed by atoms with Gasteiger partial charge < -0.3 is 15.0 Å². The van der Waals surface area contributed by atoms with Gasteiger partial charge in [0.2, 0.25) is 5.91 Å². The molecule has 7 heteroatoms. The van der Waals surface area contributed by atoms with Crippen LogP contribution in [0.5, 0.6) is 5.75 Å². The number of benzene rings is 1. The Labute approximate surface area is 151 Å². The van der Waals surface area contributed by atoms with E-state index in [1.807, 2.05) is 30.3 Å². The molecule has 132 valence electrons. The van der Waals surface area contributed by atoms with Crippen molar-refractivity contribution in [1.29, 1.82) is 5.26 Å². The molecular weight excluding hydrogens is 332 g/mol. The number of amides is 2. The maximum atomic E-state index is 12.5. The molecule has 0 radical (unpaired) electrons. The summed E-state index contributed by atoms with van der Waals surface area (Å²) in [6.45, 7) is 1.08. The lowest BCUT2D eigenvalue weighted by Crippen LogP contribution is -2.41. The highest BCUT2D eigenvalue weighted by atomic mass is 16.5. The van der Waals surface area contributed by atoms with Gasteiger partial charge in [-0.2, -0.15) is 5.26 Å². The molecule has 0 spiro atoms. The van der Waals surface area contributed by atoms with E-state index in [1.54, 1.807) is 12.0 Å². The molecule has 1 fully saturated rings. The van der Waals surface area contributed by atoms with Crippen LogP contribution >= 0.6 is 0 Å². The molecule has 1 aromatic heterocycles. The van der Waals surface area contributed by atoms with Crippen molar-refractivity contribution >= 4 is 11.8 Å². The summed E-state index contributed by atoms with van der Waals surface area (Å²) >= 11 is 0. The fourth-order valence-corrected chi connectivity index (χ4v) is 2.82. The molecule has 3 rings (SSSR count). The van der Waals surface area contributed by atoms with Crippen LogP contribution in [0, 0.1) is 11.3 Å². The molecule has 1 aliphatic rings. The normalized spacial score (nSPS) is 16.2. The average molecular weight is 350 g/mol.